The normalized spacial score (nSPS) is 16.0. The van der Waals surface area contributed by atoms with Crippen LogP contribution in [0.5, 0.6) is 0 Å². The van der Waals surface area contributed by atoms with Gasteiger partial charge in [-0.05, 0) is 74.8 Å². The molecule has 0 spiro atoms. The summed E-state index contributed by atoms with van der Waals surface area (Å²) in [6, 6.07) is 32.2. The molecule has 4 aromatic carbocycles. The van der Waals surface area contributed by atoms with Gasteiger partial charge in [0.1, 0.15) is 0 Å². The number of benzene rings is 3. The summed E-state index contributed by atoms with van der Waals surface area (Å²) in [5.41, 5.74) is 3.76. The number of nitrogens with zero attached hydrogens (tertiary/aromatic N) is 1. The zero-order valence-corrected chi connectivity index (χ0v) is 16.5. The maximum absolute atomic E-state index is 4.57. The Morgan fingerprint density at radius 2 is 1.63 bits per heavy atom. The van der Waals surface area contributed by atoms with Crippen molar-refractivity contribution < 1.29 is 0 Å². The number of hydrogen-bond donors (Lipinski definition) is 0. The van der Waals surface area contributed by atoms with Gasteiger partial charge in [0.05, 0.1) is 0 Å². The average molecular weight is 381 g/mol. The number of pyridine rings is 1. The van der Waals surface area contributed by atoms with Crippen molar-refractivity contribution in [3.05, 3.63) is 121 Å². The summed E-state index contributed by atoms with van der Waals surface area (Å²) in [7, 11) is 0. The zero-order chi connectivity index (χ0) is 19.9. The van der Waals surface area contributed by atoms with E-state index < -0.39 is 0 Å². The third-order valence-corrected chi connectivity index (χ3v) is 6.12. The summed E-state index contributed by atoms with van der Waals surface area (Å²) < 4.78 is 0. The molecule has 1 aliphatic rings. The summed E-state index contributed by atoms with van der Waals surface area (Å²) in [5.74, 6) is 0.320. The van der Waals surface area contributed by atoms with E-state index in [1.54, 1.807) is 0 Å². The van der Waals surface area contributed by atoms with Crippen molar-refractivity contribution in [2.24, 2.45) is 0 Å². The summed E-state index contributed by atoms with van der Waals surface area (Å²) in [5, 5.41) is 7.44. The van der Waals surface area contributed by atoms with E-state index in [2.05, 4.69) is 96.0 Å². The van der Waals surface area contributed by atoms with Gasteiger partial charge in [-0.2, -0.15) is 0 Å². The average Bonchev–Trinajstić information content (AvgIpc) is 2.84. The maximum Gasteiger partial charge on any atom is 0.0475 e. The first-order chi connectivity index (χ1) is 14.9. The van der Waals surface area contributed by atoms with Gasteiger partial charge in [0.25, 0.3) is 0 Å². The minimum Gasteiger partial charge on any atom is -0.261 e. The van der Waals surface area contributed by atoms with Crippen LogP contribution in [0.3, 0.4) is 0 Å². The molecule has 0 radical (unpaired) electrons. The first-order valence-electron chi connectivity index (χ1n) is 10.3. The molecule has 140 valence electrons. The van der Waals surface area contributed by atoms with Gasteiger partial charge >= 0.3 is 0 Å². The lowest BCUT2D eigenvalue weighted by atomic mass is 9.86. The second-order valence-corrected chi connectivity index (χ2v) is 7.84. The number of hydrogen-bond acceptors (Lipinski definition) is 1. The Bertz CT molecular complexity index is 1420. The van der Waals surface area contributed by atoms with Gasteiger partial charge in [0.2, 0.25) is 0 Å². The van der Waals surface area contributed by atoms with Crippen LogP contribution in [0.2, 0.25) is 0 Å². The van der Waals surface area contributed by atoms with Crippen LogP contribution < -0.4 is 0 Å². The largest absolute Gasteiger partial charge is 0.261 e. The highest BCUT2D eigenvalue weighted by atomic mass is 14.7. The predicted molar refractivity (Wildman–Crippen MR) is 125 cm³/mol. The van der Waals surface area contributed by atoms with Gasteiger partial charge in [-0.15, -0.1) is 0 Å². The zero-order valence-electron chi connectivity index (χ0n) is 16.5. The quantitative estimate of drug-likeness (QED) is 0.293. The van der Waals surface area contributed by atoms with Crippen molar-refractivity contribution in [3.8, 4) is 0 Å². The highest BCUT2D eigenvalue weighted by Crippen LogP contribution is 2.38. The molecule has 1 aliphatic carbocycles. The molecule has 0 saturated carbocycles. The first kappa shape index (κ1) is 17.0. The van der Waals surface area contributed by atoms with Gasteiger partial charge in [0, 0.05) is 23.2 Å². The molecule has 1 atom stereocenters. The van der Waals surface area contributed by atoms with E-state index in [1.165, 1.54) is 38.1 Å². The second-order valence-electron chi connectivity index (χ2n) is 7.84. The van der Waals surface area contributed by atoms with E-state index in [0.717, 1.165) is 17.5 Å². The highest BCUT2D eigenvalue weighted by Gasteiger charge is 2.17. The van der Waals surface area contributed by atoms with Crippen LogP contribution in [0.1, 0.15) is 23.6 Å². The standard InChI is InChI=1S/C29H19N/c1-2-12-25-23(10-1)24-11-3-4-13-26(24)28-19-21(15-16-27(25)28)20-8-7-9-22(18-20)29-14-5-6-17-30-29/h2-9,11-17,19,22H,18H2. The Balaban J connectivity index is 1.52. The lowest BCUT2D eigenvalue weighted by Crippen LogP contribution is -2.02. The Morgan fingerprint density at radius 3 is 2.53 bits per heavy atom. The molecule has 1 heterocycles. The molecule has 5 aromatic rings. The highest BCUT2D eigenvalue weighted by molar-refractivity contribution is 6.25. The maximum atomic E-state index is 4.57. The van der Waals surface area contributed by atoms with E-state index in [9.17, 15) is 0 Å². The molecule has 1 aromatic heterocycles. The van der Waals surface area contributed by atoms with E-state index in [-0.39, 0.29) is 0 Å². The van der Waals surface area contributed by atoms with Crippen LogP contribution >= 0.6 is 0 Å². The van der Waals surface area contributed by atoms with Crippen LogP contribution in [0, 0.1) is 12.1 Å². The van der Waals surface area contributed by atoms with Gasteiger partial charge < -0.3 is 0 Å². The Kier molecular flexibility index (Phi) is 3.89. The molecule has 0 fully saturated rings. The molecular weight excluding hydrogens is 362 g/mol. The molecule has 0 saturated heterocycles. The summed E-state index contributed by atoms with van der Waals surface area (Å²) in [4.78, 5) is 4.57. The van der Waals surface area contributed by atoms with Crippen molar-refractivity contribution in [2.45, 2.75) is 12.3 Å². The van der Waals surface area contributed by atoms with Crippen LogP contribution in [0.15, 0.2) is 97.2 Å². The minimum atomic E-state index is 0.320. The van der Waals surface area contributed by atoms with Crippen molar-refractivity contribution in [3.63, 3.8) is 0 Å². The van der Waals surface area contributed by atoms with Crippen molar-refractivity contribution >= 4 is 37.9 Å². The Hall–Kier alpha value is -3.89. The van der Waals surface area contributed by atoms with Crippen LogP contribution in [-0.4, -0.2) is 4.98 Å². The molecule has 0 aliphatic heterocycles. The summed E-state index contributed by atoms with van der Waals surface area (Å²) >= 11 is 0. The monoisotopic (exact) mass is 381 g/mol. The first-order valence-corrected chi connectivity index (χ1v) is 10.3. The predicted octanol–water partition coefficient (Wildman–Crippen LogP) is 7.27. The summed E-state index contributed by atoms with van der Waals surface area (Å²) in [6.07, 6.45) is 9.51. The molecule has 1 heteroatoms. The lowest BCUT2D eigenvalue weighted by Gasteiger charge is -2.19. The Morgan fingerprint density at radius 1 is 0.800 bits per heavy atom. The van der Waals surface area contributed by atoms with E-state index in [1.807, 2.05) is 18.3 Å². The molecular formula is C29H19N. The van der Waals surface area contributed by atoms with Crippen molar-refractivity contribution in [1.29, 1.82) is 0 Å². The van der Waals surface area contributed by atoms with E-state index in [4.69, 9.17) is 0 Å². The fraction of sp³-hybridized carbons (Fsp3) is 0.0690. The topological polar surface area (TPSA) is 12.9 Å². The lowest BCUT2D eigenvalue weighted by molar-refractivity contribution is 0.827. The number of aromatic nitrogens is 1. The molecule has 0 amide bonds. The van der Waals surface area contributed by atoms with Gasteiger partial charge in [-0.3, -0.25) is 4.98 Å². The molecule has 1 nitrogen and oxygen atoms in total. The van der Waals surface area contributed by atoms with Crippen molar-refractivity contribution in [2.75, 3.05) is 0 Å². The number of rotatable bonds is 2. The van der Waals surface area contributed by atoms with Gasteiger partial charge in [-0.1, -0.05) is 72.8 Å². The smallest absolute Gasteiger partial charge is 0.0475 e. The SMILES string of the molecule is c1ccc2c(c#1)c1ccccc1c1cc(C3=CC=CC(c4ccccn4)C3)ccc21. The third-order valence-electron chi connectivity index (χ3n) is 6.12. The molecule has 1 unspecified atom stereocenters. The fourth-order valence-electron chi connectivity index (χ4n) is 4.66. The molecule has 0 bridgehead atoms. The molecule has 6 rings (SSSR count). The molecule has 0 N–H and O–H groups in total. The van der Waals surface area contributed by atoms with E-state index in [0.29, 0.717) is 5.92 Å². The number of fused-ring (bicyclic) bond motifs is 6. The fourth-order valence-corrected chi connectivity index (χ4v) is 4.66. The second kappa shape index (κ2) is 6.87. The van der Waals surface area contributed by atoms with Gasteiger partial charge in [0.15, 0.2) is 0 Å². The molecule has 30 heavy (non-hydrogen) atoms. The van der Waals surface area contributed by atoms with Crippen LogP contribution in [-0.2, 0) is 0 Å². The van der Waals surface area contributed by atoms with Crippen LogP contribution in [0.4, 0.5) is 0 Å². The third kappa shape index (κ3) is 2.70. The minimum absolute atomic E-state index is 0.320. The number of allylic oxidation sites excluding steroid dienone is 4. The summed E-state index contributed by atoms with van der Waals surface area (Å²) in [6.45, 7) is 0. The Labute approximate surface area is 176 Å². The van der Waals surface area contributed by atoms with Crippen LogP contribution in [0.25, 0.3) is 37.9 Å². The van der Waals surface area contributed by atoms with Gasteiger partial charge in [-0.25, -0.2) is 0 Å². The van der Waals surface area contributed by atoms with Crippen molar-refractivity contribution in [1.82, 2.24) is 4.98 Å². The van der Waals surface area contributed by atoms with E-state index >= 15 is 0 Å².